The molecule has 1 aliphatic rings. The third-order valence-corrected chi connectivity index (χ3v) is 5.89. The summed E-state index contributed by atoms with van der Waals surface area (Å²) in [6.07, 6.45) is 3.18. The highest BCUT2D eigenvalue weighted by molar-refractivity contribution is 5.75. The highest BCUT2D eigenvalue weighted by atomic mass is 16.5. The van der Waals surface area contributed by atoms with Crippen molar-refractivity contribution in [1.29, 1.82) is 5.41 Å². The van der Waals surface area contributed by atoms with Gasteiger partial charge in [0.1, 0.15) is 18.5 Å². The number of fused-ring (bicyclic) bond motifs is 1. The Morgan fingerprint density at radius 3 is 2.43 bits per heavy atom. The van der Waals surface area contributed by atoms with Gasteiger partial charge >= 0.3 is 0 Å². The Morgan fingerprint density at radius 2 is 1.70 bits per heavy atom. The fourth-order valence-electron chi connectivity index (χ4n) is 4.29. The van der Waals surface area contributed by atoms with Crippen LogP contribution in [-0.4, -0.2) is 51.5 Å². The molecule has 160 valence electrons. The van der Waals surface area contributed by atoms with Crippen molar-refractivity contribution in [2.75, 3.05) is 26.2 Å². The molecule has 0 aliphatic carbocycles. The Morgan fingerprint density at radius 1 is 0.967 bits per heavy atom. The third kappa shape index (κ3) is 4.77. The highest BCUT2D eigenvalue weighted by Gasteiger charge is 2.16. The number of hydrogen-bond donors (Lipinski definition) is 2. The van der Waals surface area contributed by atoms with Crippen LogP contribution in [0.2, 0.25) is 0 Å². The second kappa shape index (κ2) is 9.49. The van der Waals surface area contributed by atoms with Gasteiger partial charge in [-0.05, 0) is 62.7 Å². The first-order valence-electron chi connectivity index (χ1n) is 10.9. The van der Waals surface area contributed by atoms with E-state index in [0.29, 0.717) is 12.2 Å². The number of aliphatic hydroxyl groups is 1. The minimum absolute atomic E-state index is 0.198. The molecule has 1 aromatic heterocycles. The molecular weight excluding hydrogens is 376 g/mol. The maximum absolute atomic E-state index is 10.6. The number of nitrogens with zero attached hydrogens (tertiary/aromatic N) is 3. The van der Waals surface area contributed by atoms with Crippen LogP contribution < -0.4 is 10.4 Å². The van der Waals surface area contributed by atoms with E-state index in [4.69, 9.17) is 10.1 Å². The lowest BCUT2D eigenvalue weighted by molar-refractivity contribution is 0.0920. The predicted octanol–water partition coefficient (Wildman–Crippen LogP) is 3.16. The maximum atomic E-state index is 10.6. The van der Waals surface area contributed by atoms with Gasteiger partial charge in [-0.25, -0.2) is 0 Å². The van der Waals surface area contributed by atoms with Gasteiger partial charge in [0.15, 0.2) is 0 Å². The molecule has 3 aromatic rings. The standard InChI is InChI=1S/C24H32N4O2/c1-19-8-7-9-21(16-19)30-18-20(29)17-28-23-11-4-3-10-22(23)27(24(28)25)15-14-26-12-5-2-6-13-26/h3-4,7-11,16,20,25,29H,2,5-6,12-15,17-18H2,1H3/t20-/m0/s1. The number of likely N-dealkylation sites (tertiary alicyclic amines) is 1. The number of rotatable bonds is 8. The van der Waals surface area contributed by atoms with Gasteiger partial charge in [-0.3, -0.25) is 5.41 Å². The van der Waals surface area contributed by atoms with Crippen molar-refractivity contribution < 1.29 is 9.84 Å². The molecule has 1 aliphatic heterocycles. The van der Waals surface area contributed by atoms with Gasteiger partial charge in [0.2, 0.25) is 5.62 Å². The van der Waals surface area contributed by atoms with Crippen LogP contribution in [0, 0.1) is 12.3 Å². The molecule has 0 spiro atoms. The van der Waals surface area contributed by atoms with Crippen LogP contribution >= 0.6 is 0 Å². The van der Waals surface area contributed by atoms with Crippen LogP contribution in [-0.2, 0) is 13.1 Å². The first-order valence-corrected chi connectivity index (χ1v) is 10.9. The van der Waals surface area contributed by atoms with E-state index in [1.807, 2.05) is 54.0 Å². The minimum atomic E-state index is -0.694. The van der Waals surface area contributed by atoms with Crippen molar-refractivity contribution in [2.24, 2.45) is 0 Å². The van der Waals surface area contributed by atoms with Crippen LogP contribution in [0.25, 0.3) is 11.0 Å². The smallest absolute Gasteiger partial charge is 0.203 e. The predicted molar refractivity (Wildman–Crippen MR) is 119 cm³/mol. The average Bonchev–Trinajstić information content (AvgIpc) is 3.03. The summed E-state index contributed by atoms with van der Waals surface area (Å²) in [4.78, 5) is 2.49. The van der Waals surface area contributed by atoms with Crippen LogP contribution in [0.3, 0.4) is 0 Å². The van der Waals surface area contributed by atoms with Crippen molar-refractivity contribution in [3.8, 4) is 5.75 Å². The normalized spacial score (nSPS) is 16.1. The van der Waals surface area contributed by atoms with Crippen LogP contribution in [0.5, 0.6) is 5.75 Å². The quantitative estimate of drug-likeness (QED) is 0.602. The van der Waals surface area contributed by atoms with Gasteiger partial charge in [0.25, 0.3) is 0 Å². The van der Waals surface area contributed by atoms with Crippen molar-refractivity contribution in [2.45, 2.75) is 45.4 Å². The molecular formula is C24H32N4O2. The van der Waals surface area contributed by atoms with Gasteiger partial charge in [-0.2, -0.15) is 0 Å². The lowest BCUT2D eigenvalue weighted by Gasteiger charge is -2.26. The Hall–Kier alpha value is -2.57. The molecule has 1 atom stereocenters. The molecule has 0 radical (unpaired) electrons. The van der Waals surface area contributed by atoms with Gasteiger partial charge in [-0.15, -0.1) is 0 Å². The minimum Gasteiger partial charge on any atom is -0.491 e. The molecule has 2 heterocycles. The molecule has 4 rings (SSSR count). The number of aromatic nitrogens is 2. The molecule has 6 heteroatoms. The van der Waals surface area contributed by atoms with E-state index in [1.165, 1.54) is 19.3 Å². The second-order valence-electron chi connectivity index (χ2n) is 8.26. The summed E-state index contributed by atoms with van der Waals surface area (Å²) in [5, 5.41) is 19.4. The number of imidazole rings is 1. The van der Waals surface area contributed by atoms with Crippen molar-refractivity contribution in [3.05, 3.63) is 59.7 Å². The summed E-state index contributed by atoms with van der Waals surface area (Å²) in [6, 6.07) is 15.9. The summed E-state index contributed by atoms with van der Waals surface area (Å²) >= 11 is 0. The highest BCUT2D eigenvalue weighted by Crippen LogP contribution is 2.16. The number of para-hydroxylation sites is 2. The first-order chi connectivity index (χ1) is 14.6. The average molecular weight is 409 g/mol. The number of ether oxygens (including phenoxy) is 1. The van der Waals surface area contributed by atoms with Crippen LogP contribution in [0.1, 0.15) is 24.8 Å². The molecule has 1 fully saturated rings. The molecule has 30 heavy (non-hydrogen) atoms. The van der Waals surface area contributed by atoms with E-state index in [-0.39, 0.29) is 6.61 Å². The fourth-order valence-corrected chi connectivity index (χ4v) is 4.29. The third-order valence-electron chi connectivity index (χ3n) is 5.89. The zero-order chi connectivity index (χ0) is 20.9. The van der Waals surface area contributed by atoms with Gasteiger partial charge in [-0.1, -0.05) is 30.7 Å². The Labute approximate surface area is 177 Å². The summed E-state index contributed by atoms with van der Waals surface area (Å²) in [6.45, 7) is 6.62. The number of aryl methyl sites for hydroxylation is 1. The summed E-state index contributed by atoms with van der Waals surface area (Å²) in [5.41, 5.74) is 3.59. The van der Waals surface area contributed by atoms with E-state index in [9.17, 15) is 5.11 Å². The van der Waals surface area contributed by atoms with Crippen molar-refractivity contribution in [1.82, 2.24) is 14.0 Å². The molecule has 2 N–H and O–H groups in total. The second-order valence-corrected chi connectivity index (χ2v) is 8.26. The SMILES string of the molecule is Cc1cccc(OC[C@@H](O)Cn2c(=N)n(CCN3CCCCC3)c3ccccc32)c1. The summed E-state index contributed by atoms with van der Waals surface area (Å²) in [7, 11) is 0. The van der Waals surface area contributed by atoms with Crippen LogP contribution in [0.4, 0.5) is 0 Å². The molecule has 1 saturated heterocycles. The van der Waals surface area contributed by atoms with E-state index < -0.39 is 6.10 Å². The number of piperidine rings is 1. The van der Waals surface area contributed by atoms with E-state index in [0.717, 1.165) is 48.5 Å². The molecule has 2 aromatic carbocycles. The lowest BCUT2D eigenvalue weighted by Crippen LogP contribution is -2.36. The van der Waals surface area contributed by atoms with Crippen LogP contribution in [0.15, 0.2) is 48.5 Å². The van der Waals surface area contributed by atoms with Crippen molar-refractivity contribution >= 4 is 11.0 Å². The van der Waals surface area contributed by atoms with E-state index in [2.05, 4.69) is 15.5 Å². The van der Waals surface area contributed by atoms with Gasteiger partial charge in [0, 0.05) is 13.1 Å². The molecule has 6 nitrogen and oxygen atoms in total. The lowest BCUT2D eigenvalue weighted by atomic mass is 10.1. The molecule has 0 unspecified atom stereocenters. The van der Waals surface area contributed by atoms with Gasteiger partial charge < -0.3 is 23.9 Å². The number of nitrogens with one attached hydrogen (secondary N) is 1. The summed E-state index contributed by atoms with van der Waals surface area (Å²) < 4.78 is 9.73. The fraction of sp³-hybridized carbons (Fsp3) is 0.458. The molecule has 0 bridgehead atoms. The molecule has 0 amide bonds. The first kappa shape index (κ1) is 20.7. The Bertz CT molecular complexity index is 1030. The Balaban J connectivity index is 1.47. The van der Waals surface area contributed by atoms with Gasteiger partial charge in [0.05, 0.1) is 17.6 Å². The van der Waals surface area contributed by atoms with Crippen molar-refractivity contribution in [3.63, 3.8) is 0 Å². The van der Waals surface area contributed by atoms with E-state index in [1.54, 1.807) is 0 Å². The zero-order valence-electron chi connectivity index (χ0n) is 17.8. The Kier molecular flexibility index (Phi) is 6.55. The monoisotopic (exact) mass is 408 g/mol. The number of hydrogen-bond acceptors (Lipinski definition) is 4. The van der Waals surface area contributed by atoms with E-state index >= 15 is 0 Å². The summed E-state index contributed by atoms with van der Waals surface area (Å²) in [5.74, 6) is 0.758. The topological polar surface area (TPSA) is 66.4 Å². The largest absolute Gasteiger partial charge is 0.491 e. The maximum Gasteiger partial charge on any atom is 0.203 e. The number of benzene rings is 2. The number of aliphatic hydroxyl groups excluding tert-OH is 1. The zero-order valence-corrected chi connectivity index (χ0v) is 17.8. The molecule has 0 saturated carbocycles.